The van der Waals surface area contributed by atoms with E-state index in [2.05, 4.69) is 11.8 Å². The third kappa shape index (κ3) is 2.98. The Morgan fingerprint density at radius 1 is 1.32 bits per heavy atom. The molecule has 0 saturated heterocycles. The van der Waals surface area contributed by atoms with Gasteiger partial charge in [0.1, 0.15) is 5.82 Å². The van der Waals surface area contributed by atoms with Gasteiger partial charge in [-0.1, -0.05) is 6.07 Å². The fourth-order valence-corrected chi connectivity index (χ4v) is 2.95. The molecule has 1 aromatic carbocycles. The van der Waals surface area contributed by atoms with Crippen LogP contribution in [0.15, 0.2) is 18.2 Å². The van der Waals surface area contributed by atoms with E-state index in [1.807, 2.05) is 6.07 Å². The summed E-state index contributed by atoms with van der Waals surface area (Å²) in [5.74, 6) is 0.699. The highest BCUT2D eigenvalue weighted by atomic mass is 19.1. The maximum absolute atomic E-state index is 13.5. The van der Waals surface area contributed by atoms with E-state index in [1.54, 1.807) is 6.07 Å². The lowest BCUT2D eigenvalue weighted by atomic mass is 9.99. The van der Waals surface area contributed by atoms with E-state index in [0.717, 1.165) is 23.6 Å². The van der Waals surface area contributed by atoms with Crippen LogP contribution < -0.4 is 5.73 Å². The highest BCUT2D eigenvalue weighted by molar-refractivity contribution is 5.30. The molecule has 2 aliphatic rings. The van der Waals surface area contributed by atoms with Gasteiger partial charge in [-0.25, -0.2) is 4.39 Å². The van der Waals surface area contributed by atoms with E-state index in [0.29, 0.717) is 12.6 Å². The number of nitrogens with two attached hydrogens (primary N) is 1. The standard InChI is InChI=1S/C16H23FN2/c1-11-2-5-13(17)8-15(11)16(9-18)19(14-6-7-14)10-12-3-4-12/h2,5,8,12,14,16H,3-4,6-7,9-10,18H2,1H3. The molecule has 3 rings (SSSR count). The Labute approximate surface area is 114 Å². The Morgan fingerprint density at radius 3 is 2.63 bits per heavy atom. The second-order valence-corrected chi connectivity index (χ2v) is 6.12. The molecule has 2 fully saturated rings. The van der Waals surface area contributed by atoms with Gasteiger partial charge in [0.25, 0.3) is 0 Å². The lowest BCUT2D eigenvalue weighted by Gasteiger charge is -2.32. The van der Waals surface area contributed by atoms with Crippen molar-refractivity contribution in [3.8, 4) is 0 Å². The maximum Gasteiger partial charge on any atom is 0.123 e. The van der Waals surface area contributed by atoms with Gasteiger partial charge in [0.15, 0.2) is 0 Å². The van der Waals surface area contributed by atoms with Crippen molar-refractivity contribution < 1.29 is 4.39 Å². The van der Waals surface area contributed by atoms with Crippen molar-refractivity contribution in [2.24, 2.45) is 11.7 Å². The Balaban J connectivity index is 1.85. The Hall–Kier alpha value is -0.930. The molecule has 3 heteroatoms. The molecule has 2 N–H and O–H groups in total. The minimum atomic E-state index is -0.152. The van der Waals surface area contributed by atoms with Gasteiger partial charge in [0.05, 0.1) is 0 Å². The summed E-state index contributed by atoms with van der Waals surface area (Å²) in [6, 6.07) is 5.94. The molecule has 1 atom stereocenters. The predicted octanol–water partition coefficient (Wildman–Crippen LogP) is 3.01. The number of hydrogen-bond acceptors (Lipinski definition) is 2. The molecular formula is C16H23FN2. The Kier molecular flexibility index (Phi) is 3.59. The average molecular weight is 262 g/mol. The van der Waals surface area contributed by atoms with Gasteiger partial charge in [-0.15, -0.1) is 0 Å². The normalized spacial score (nSPS) is 20.8. The molecule has 0 spiro atoms. The number of halogens is 1. The second-order valence-electron chi connectivity index (χ2n) is 6.12. The SMILES string of the molecule is Cc1ccc(F)cc1C(CN)N(CC1CC1)C1CC1. The van der Waals surface area contributed by atoms with Crippen LogP contribution in [0.1, 0.15) is 42.9 Å². The van der Waals surface area contributed by atoms with Crippen molar-refractivity contribution in [2.75, 3.05) is 13.1 Å². The van der Waals surface area contributed by atoms with Crippen molar-refractivity contribution >= 4 is 0 Å². The molecular weight excluding hydrogens is 239 g/mol. The van der Waals surface area contributed by atoms with Crippen molar-refractivity contribution in [3.63, 3.8) is 0 Å². The lowest BCUT2D eigenvalue weighted by Crippen LogP contribution is -2.37. The summed E-state index contributed by atoms with van der Waals surface area (Å²) in [5.41, 5.74) is 8.25. The second kappa shape index (κ2) is 5.22. The molecule has 104 valence electrons. The Bertz CT molecular complexity index is 452. The van der Waals surface area contributed by atoms with Crippen molar-refractivity contribution in [3.05, 3.63) is 35.1 Å². The first-order valence-electron chi connectivity index (χ1n) is 7.41. The van der Waals surface area contributed by atoms with Crippen LogP contribution in [0.4, 0.5) is 4.39 Å². The van der Waals surface area contributed by atoms with E-state index >= 15 is 0 Å². The van der Waals surface area contributed by atoms with E-state index in [9.17, 15) is 4.39 Å². The zero-order chi connectivity index (χ0) is 13.4. The van der Waals surface area contributed by atoms with E-state index < -0.39 is 0 Å². The first-order chi connectivity index (χ1) is 9.19. The number of nitrogens with zero attached hydrogens (tertiary/aromatic N) is 1. The lowest BCUT2D eigenvalue weighted by molar-refractivity contribution is 0.182. The topological polar surface area (TPSA) is 29.3 Å². The molecule has 2 aliphatic carbocycles. The molecule has 0 bridgehead atoms. The van der Waals surface area contributed by atoms with Crippen molar-refractivity contribution in [1.82, 2.24) is 4.90 Å². The molecule has 19 heavy (non-hydrogen) atoms. The highest BCUT2D eigenvalue weighted by Crippen LogP contribution is 2.39. The molecule has 1 unspecified atom stereocenters. The first kappa shape index (κ1) is 13.1. The minimum absolute atomic E-state index is 0.152. The molecule has 0 amide bonds. The smallest absolute Gasteiger partial charge is 0.123 e. The van der Waals surface area contributed by atoms with Gasteiger partial charge in [-0.3, -0.25) is 4.90 Å². The number of benzene rings is 1. The van der Waals surface area contributed by atoms with E-state index in [4.69, 9.17) is 5.73 Å². The quantitative estimate of drug-likeness (QED) is 0.854. The minimum Gasteiger partial charge on any atom is -0.329 e. The Morgan fingerprint density at radius 2 is 2.05 bits per heavy atom. The summed E-state index contributed by atoms with van der Waals surface area (Å²) < 4.78 is 13.5. The molecule has 0 heterocycles. The molecule has 1 aromatic rings. The number of aryl methyl sites for hydroxylation is 1. The van der Waals surface area contributed by atoms with Crippen LogP contribution in [0.25, 0.3) is 0 Å². The van der Waals surface area contributed by atoms with E-state index in [1.165, 1.54) is 31.7 Å². The average Bonchev–Trinajstić information content (AvgIpc) is 3.26. The van der Waals surface area contributed by atoms with Gasteiger partial charge >= 0.3 is 0 Å². The van der Waals surface area contributed by atoms with Gasteiger partial charge in [0, 0.05) is 25.2 Å². The van der Waals surface area contributed by atoms with Crippen molar-refractivity contribution in [1.29, 1.82) is 0 Å². The maximum atomic E-state index is 13.5. The van der Waals surface area contributed by atoms with Crippen LogP contribution >= 0.6 is 0 Å². The van der Waals surface area contributed by atoms with Crippen LogP contribution in [-0.2, 0) is 0 Å². The van der Waals surface area contributed by atoms with Crippen molar-refractivity contribution in [2.45, 2.75) is 44.7 Å². The third-order valence-electron chi connectivity index (χ3n) is 4.41. The van der Waals surface area contributed by atoms with Gasteiger partial charge in [-0.05, 0) is 61.8 Å². The predicted molar refractivity (Wildman–Crippen MR) is 75.4 cm³/mol. The molecule has 2 nitrogen and oxygen atoms in total. The molecule has 0 aliphatic heterocycles. The summed E-state index contributed by atoms with van der Waals surface area (Å²) in [4.78, 5) is 2.54. The van der Waals surface area contributed by atoms with Gasteiger partial charge in [0.2, 0.25) is 0 Å². The van der Waals surface area contributed by atoms with Gasteiger partial charge in [-0.2, -0.15) is 0 Å². The summed E-state index contributed by atoms with van der Waals surface area (Å²) in [6.45, 7) is 3.77. The van der Waals surface area contributed by atoms with Crippen LogP contribution in [0, 0.1) is 18.7 Å². The van der Waals surface area contributed by atoms with Crippen LogP contribution in [-0.4, -0.2) is 24.0 Å². The molecule has 0 aromatic heterocycles. The summed E-state index contributed by atoms with van der Waals surface area (Å²) >= 11 is 0. The van der Waals surface area contributed by atoms with Crippen LogP contribution in [0.5, 0.6) is 0 Å². The van der Waals surface area contributed by atoms with Crippen LogP contribution in [0.2, 0.25) is 0 Å². The zero-order valence-electron chi connectivity index (χ0n) is 11.6. The monoisotopic (exact) mass is 262 g/mol. The summed E-state index contributed by atoms with van der Waals surface area (Å²) in [5, 5.41) is 0. The summed E-state index contributed by atoms with van der Waals surface area (Å²) in [7, 11) is 0. The van der Waals surface area contributed by atoms with E-state index in [-0.39, 0.29) is 11.9 Å². The fraction of sp³-hybridized carbons (Fsp3) is 0.625. The molecule has 0 radical (unpaired) electrons. The third-order valence-corrected chi connectivity index (χ3v) is 4.41. The number of rotatable bonds is 6. The zero-order valence-corrected chi connectivity index (χ0v) is 11.6. The highest BCUT2D eigenvalue weighted by Gasteiger charge is 2.37. The largest absolute Gasteiger partial charge is 0.329 e. The van der Waals surface area contributed by atoms with Gasteiger partial charge < -0.3 is 5.73 Å². The fourth-order valence-electron chi connectivity index (χ4n) is 2.95. The molecule has 2 saturated carbocycles. The number of hydrogen-bond donors (Lipinski definition) is 1. The summed E-state index contributed by atoms with van der Waals surface area (Å²) in [6.07, 6.45) is 5.25. The van der Waals surface area contributed by atoms with Crippen LogP contribution in [0.3, 0.4) is 0 Å². The first-order valence-corrected chi connectivity index (χ1v) is 7.41.